The van der Waals surface area contributed by atoms with Crippen molar-refractivity contribution in [2.45, 2.75) is 13.5 Å². The van der Waals surface area contributed by atoms with Crippen molar-refractivity contribution in [3.05, 3.63) is 83.8 Å². The highest BCUT2D eigenvalue weighted by Crippen LogP contribution is 2.19. The lowest BCUT2D eigenvalue weighted by Gasteiger charge is -2.22. The van der Waals surface area contributed by atoms with Crippen LogP contribution in [0.2, 0.25) is 0 Å². The summed E-state index contributed by atoms with van der Waals surface area (Å²) in [7, 11) is 1.30. The van der Waals surface area contributed by atoms with Gasteiger partial charge in [0.1, 0.15) is 17.8 Å². The number of carbonyl (C=O) groups excluding carboxylic acids is 2. The number of aromatic nitrogens is 2. The van der Waals surface area contributed by atoms with Crippen LogP contribution < -0.4 is 10.2 Å². The van der Waals surface area contributed by atoms with Gasteiger partial charge >= 0.3 is 5.97 Å². The maximum Gasteiger partial charge on any atom is 0.339 e. The minimum atomic E-state index is -0.524. The predicted octanol–water partition coefficient (Wildman–Crippen LogP) is 3.54. The molecule has 3 rings (SSSR count). The molecular weight excluding hydrogens is 368 g/mol. The van der Waals surface area contributed by atoms with E-state index in [0.29, 0.717) is 18.1 Å². The van der Waals surface area contributed by atoms with Crippen LogP contribution in [0.15, 0.2) is 67.0 Å². The standard InChI is InChI=1S/C22H22N4O3/c1-3-26(14-16-9-5-4-6-10-16)20-13-19(23-15-24-20)21(27)25-18-12-8-7-11-17(18)22(28)29-2/h4-13,15H,3,14H2,1-2H3,(H,25,27). The van der Waals surface area contributed by atoms with Gasteiger partial charge < -0.3 is 15.0 Å². The Morgan fingerprint density at radius 2 is 1.76 bits per heavy atom. The van der Waals surface area contributed by atoms with Gasteiger partial charge in [-0.1, -0.05) is 42.5 Å². The first kappa shape index (κ1) is 20.0. The molecule has 1 N–H and O–H groups in total. The highest BCUT2D eigenvalue weighted by molar-refractivity contribution is 6.07. The Hall–Kier alpha value is -3.74. The molecule has 0 saturated heterocycles. The van der Waals surface area contributed by atoms with Crippen LogP contribution >= 0.6 is 0 Å². The van der Waals surface area contributed by atoms with Crippen LogP contribution in [0.5, 0.6) is 0 Å². The van der Waals surface area contributed by atoms with E-state index in [1.807, 2.05) is 37.3 Å². The summed E-state index contributed by atoms with van der Waals surface area (Å²) in [4.78, 5) is 35.1. The van der Waals surface area contributed by atoms with Crippen LogP contribution in [0, 0.1) is 0 Å². The van der Waals surface area contributed by atoms with Crippen molar-refractivity contribution in [1.29, 1.82) is 0 Å². The highest BCUT2D eigenvalue weighted by Gasteiger charge is 2.16. The molecule has 0 saturated carbocycles. The highest BCUT2D eigenvalue weighted by atomic mass is 16.5. The number of nitrogens with one attached hydrogen (secondary N) is 1. The van der Waals surface area contributed by atoms with E-state index >= 15 is 0 Å². The fourth-order valence-electron chi connectivity index (χ4n) is 2.87. The van der Waals surface area contributed by atoms with Gasteiger partial charge in [-0.25, -0.2) is 14.8 Å². The summed E-state index contributed by atoms with van der Waals surface area (Å²) in [5.74, 6) is -0.303. The van der Waals surface area contributed by atoms with Gasteiger partial charge in [-0.15, -0.1) is 0 Å². The minimum Gasteiger partial charge on any atom is -0.465 e. The summed E-state index contributed by atoms with van der Waals surface area (Å²) in [6.45, 7) is 3.41. The molecule has 7 nitrogen and oxygen atoms in total. The minimum absolute atomic E-state index is 0.209. The quantitative estimate of drug-likeness (QED) is 0.621. The Labute approximate surface area is 169 Å². The van der Waals surface area contributed by atoms with E-state index in [1.54, 1.807) is 30.3 Å². The molecule has 0 bridgehead atoms. The molecule has 148 valence electrons. The molecule has 29 heavy (non-hydrogen) atoms. The number of carbonyl (C=O) groups is 2. The lowest BCUT2D eigenvalue weighted by Crippen LogP contribution is -2.24. The van der Waals surface area contributed by atoms with E-state index in [-0.39, 0.29) is 11.3 Å². The van der Waals surface area contributed by atoms with Gasteiger partial charge in [0.05, 0.1) is 18.4 Å². The van der Waals surface area contributed by atoms with Gasteiger partial charge in [-0.05, 0) is 24.6 Å². The first-order valence-corrected chi connectivity index (χ1v) is 9.22. The molecule has 0 spiro atoms. The van der Waals surface area contributed by atoms with Crippen molar-refractivity contribution >= 4 is 23.4 Å². The van der Waals surface area contributed by atoms with Crippen molar-refractivity contribution in [2.24, 2.45) is 0 Å². The van der Waals surface area contributed by atoms with E-state index in [2.05, 4.69) is 20.2 Å². The van der Waals surface area contributed by atoms with Crippen LogP contribution in [-0.4, -0.2) is 35.5 Å². The number of amides is 1. The third-order valence-corrected chi connectivity index (χ3v) is 4.39. The molecule has 0 unspecified atom stereocenters. The number of para-hydroxylation sites is 1. The number of nitrogens with zero attached hydrogens (tertiary/aromatic N) is 3. The van der Waals surface area contributed by atoms with Crippen LogP contribution in [-0.2, 0) is 11.3 Å². The molecule has 0 fully saturated rings. The van der Waals surface area contributed by atoms with E-state index in [4.69, 9.17) is 4.74 Å². The molecule has 0 radical (unpaired) electrons. The Kier molecular flexibility index (Phi) is 6.52. The molecule has 0 aliphatic carbocycles. The Morgan fingerprint density at radius 1 is 1.03 bits per heavy atom. The van der Waals surface area contributed by atoms with Gasteiger partial charge in [-0.2, -0.15) is 0 Å². The average Bonchev–Trinajstić information content (AvgIpc) is 2.78. The number of methoxy groups -OCH3 is 1. The van der Waals surface area contributed by atoms with Gasteiger partial charge in [0.25, 0.3) is 5.91 Å². The van der Waals surface area contributed by atoms with Gasteiger partial charge in [0.15, 0.2) is 0 Å². The summed E-state index contributed by atoms with van der Waals surface area (Å²) in [6.07, 6.45) is 1.37. The summed E-state index contributed by atoms with van der Waals surface area (Å²) >= 11 is 0. The zero-order chi connectivity index (χ0) is 20.6. The largest absolute Gasteiger partial charge is 0.465 e. The molecule has 7 heteroatoms. The van der Waals surface area contributed by atoms with Crippen molar-refractivity contribution in [1.82, 2.24) is 9.97 Å². The first-order chi connectivity index (χ1) is 14.1. The zero-order valence-corrected chi connectivity index (χ0v) is 16.3. The maximum atomic E-state index is 12.7. The molecule has 2 aromatic carbocycles. The second-order valence-electron chi connectivity index (χ2n) is 6.25. The zero-order valence-electron chi connectivity index (χ0n) is 16.3. The SMILES string of the molecule is CCN(Cc1ccccc1)c1cc(C(=O)Nc2ccccc2C(=O)OC)ncn1. The molecule has 1 aromatic heterocycles. The third-order valence-electron chi connectivity index (χ3n) is 4.39. The number of ether oxygens (including phenoxy) is 1. The lowest BCUT2D eigenvalue weighted by molar-refractivity contribution is 0.0602. The van der Waals surface area contributed by atoms with Gasteiger partial charge in [-0.3, -0.25) is 4.79 Å². The fraction of sp³-hybridized carbons (Fsp3) is 0.182. The fourth-order valence-corrected chi connectivity index (χ4v) is 2.87. The molecule has 0 atom stereocenters. The predicted molar refractivity (Wildman–Crippen MR) is 111 cm³/mol. The summed E-state index contributed by atoms with van der Waals surface area (Å²) in [6, 6.07) is 18.3. The average molecular weight is 390 g/mol. The van der Waals surface area contributed by atoms with E-state index in [1.165, 1.54) is 13.4 Å². The second-order valence-corrected chi connectivity index (χ2v) is 6.25. The van der Waals surface area contributed by atoms with Crippen LogP contribution in [0.3, 0.4) is 0 Å². The summed E-state index contributed by atoms with van der Waals surface area (Å²) < 4.78 is 4.76. The van der Waals surface area contributed by atoms with Gasteiger partial charge in [0.2, 0.25) is 0 Å². The molecule has 1 amide bonds. The maximum absolute atomic E-state index is 12.7. The first-order valence-electron chi connectivity index (χ1n) is 9.22. The molecule has 0 aliphatic rings. The number of hydrogen-bond acceptors (Lipinski definition) is 6. The van der Waals surface area contributed by atoms with Crippen molar-refractivity contribution < 1.29 is 14.3 Å². The summed E-state index contributed by atoms with van der Waals surface area (Å²) in [5, 5.41) is 2.73. The summed E-state index contributed by atoms with van der Waals surface area (Å²) in [5.41, 5.74) is 1.99. The van der Waals surface area contributed by atoms with Crippen LogP contribution in [0.1, 0.15) is 33.3 Å². The normalized spacial score (nSPS) is 10.3. The molecule has 0 aliphatic heterocycles. The number of esters is 1. The van der Waals surface area contributed by atoms with Crippen molar-refractivity contribution in [3.63, 3.8) is 0 Å². The monoisotopic (exact) mass is 390 g/mol. The Morgan fingerprint density at radius 3 is 2.48 bits per heavy atom. The van der Waals surface area contributed by atoms with E-state index in [9.17, 15) is 9.59 Å². The Bertz CT molecular complexity index is 992. The Balaban J connectivity index is 1.80. The number of rotatable bonds is 7. The topological polar surface area (TPSA) is 84.4 Å². The number of hydrogen-bond donors (Lipinski definition) is 1. The number of anilines is 2. The van der Waals surface area contributed by atoms with E-state index in [0.717, 1.165) is 12.1 Å². The van der Waals surface area contributed by atoms with Gasteiger partial charge in [0, 0.05) is 19.2 Å². The van der Waals surface area contributed by atoms with E-state index < -0.39 is 11.9 Å². The number of benzene rings is 2. The smallest absolute Gasteiger partial charge is 0.339 e. The van der Waals surface area contributed by atoms with Crippen molar-refractivity contribution in [3.8, 4) is 0 Å². The van der Waals surface area contributed by atoms with Crippen LogP contribution in [0.4, 0.5) is 11.5 Å². The molecular formula is C22H22N4O3. The lowest BCUT2D eigenvalue weighted by atomic mass is 10.1. The third kappa shape index (κ3) is 4.95. The van der Waals surface area contributed by atoms with Crippen molar-refractivity contribution in [2.75, 3.05) is 23.9 Å². The van der Waals surface area contributed by atoms with Crippen LogP contribution in [0.25, 0.3) is 0 Å². The second kappa shape index (κ2) is 9.45. The molecule has 1 heterocycles. The molecule has 3 aromatic rings.